The molecule has 2 rings (SSSR count). The molecule has 0 unspecified atom stereocenters. The van der Waals surface area contributed by atoms with Crippen LogP contribution in [0.4, 0.5) is 0 Å². The summed E-state index contributed by atoms with van der Waals surface area (Å²) in [7, 11) is 0. The Morgan fingerprint density at radius 1 is 1.21 bits per heavy atom. The van der Waals surface area contributed by atoms with E-state index in [1.807, 2.05) is 24.3 Å². The Labute approximate surface area is 143 Å². The standard InChI is InChI=1S/C19H27NO4/c1-14(2)13-24-16-7-5-15(6-8-16)11-17(21)20-19(12-18(22)23)9-3-4-10-19/h5-8,14H,3-4,9-13H2,1-2H3,(H,20,21)(H,22,23). The van der Waals surface area contributed by atoms with E-state index in [0.717, 1.165) is 37.0 Å². The van der Waals surface area contributed by atoms with Crippen LogP contribution in [0.2, 0.25) is 0 Å². The van der Waals surface area contributed by atoms with Crippen molar-refractivity contribution in [3.63, 3.8) is 0 Å². The molecule has 1 aromatic rings. The lowest BCUT2D eigenvalue weighted by molar-refractivity contribution is -0.139. The summed E-state index contributed by atoms with van der Waals surface area (Å²) in [4.78, 5) is 23.4. The van der Waals surface area contributed by atoms with E-state index in [9.17, 15) is 9.59 Å². The van der Waals surface area contributed by atoms with Gasteiger partial charge < -0.3 is 15.2 Å². The van der Waals surface area contributed by atoms with Crippen molar-refractivity contribution >= 4 is 11.9 Å². The minimum atomic E-state index is -0.858. The number of carbonyl (C=O) groups is 2. The number of ether oxygens (including phenoxy) is 1. The molecule has 1 aliphatic rings. The van der Waals surface area contributed by atoms with E-state index in [4.69, 9.17) is 9.84 Å². The van der Waals surface area contributed by atoms with Gasteiger partial charge in [-0.15, -0.1) is 0 Å². The molecule has 0 heterocycles. The number of carboxylic acid groups (broad SMARTS) is 1. The van der Waals surface area contributed by atoms with Crippen molar-refractivity contribution in [3.8, 4) is 5.75 Å². The van der Waals surface area contributed by atoms with Gasteiger partial charge in [-0.25, -0.2) is 0 Å². The smallest absolute Gasteiger partial charge is 0.305 e. The highest BCUT2D eigenvalue weighted by atomic mass is 16.5. The molecule has 1 amide bonds. The molecule has 0 spiro atoms. The van der Waals surface area contributed by atoms with Gasteiger partial charge in [0.25, 0.3) is 0 Å². The predicted molar refractivity (Wildman–Crippen MR) is 92.1 cm³/mol. The third kappa shape index (κ3) is 5.55. The van der Waals surface area contributed by atoms with Gasteiger partial charge in [0.15, 0.2) is 0 Å². The van der Waals surface area contributed by atoms with E-state index in [2.05, 4.69) is 19.2 Å². The number of nitrogens with one attached hydrogen (secondary N) is 1. The van der Waals surface area contributed by atoms with E-state index in [1.165, 1.54) is 0 Å². The van der Waals surface area contributed by atoms with Crippen molar-refractivity contribution in [2.24, 2.45) is 5.92 Å². The Morgan fingerprint density at radius 2 is 1.83 bits per heavy atom. The second kappa shape index (κ2) is 8.18. The average Bonchev–Trinajstić information content (AvgIpc) is 2.93. The second-order valence-corrected chi connectivity index (χ2v) is 7.13. The van der Waals surface area contributed by atoms with E-state index in [-0.39, 0.29) is 18.7 Å². The molecule has 1 fully saturated rings. The maximum Gasteiger partial charge on any atom is 0.305 e. The molecule has 0 saturated heterocycles. The lowest BCUT2D eigenvalue weighted by Crippen LogP contribution is -2.48. The Morgan fingerprint density at radius 3 is 2.38 bits per heavy atom. The summed E-state index contributed by atoms with van der Waals surface area (Å²) in [5, 5.41) is 12.1. The normalized spacial score (nSPS) is 16.1. The predicted octanol–water partition coefficient (Wildman–Crippen LogP) is 3.17. The van der Waals surface area contributed by atoms with Crippen LogP contribution in [-0.4, -0.2) is 29.1 Å². The maximum atomic E-state index is 12.3. The third-order valence-corrected chi connectivity index (χ3v) is 4.33. The van der Waals surface area contributed by atoms with Crippen LogP contribution in [0.1, 0.15) is 51.5 Å². The molecule has 0 radical (unpaired) electrons. The summed E-state index contributed by atoms with van der Waals surface area (Å²) in [5.74, 6) is 0.288. The van der Waals surface area contributed by atoms with Gasteiger partial charge in [0.1, 0.15) is 5.75 Å². The van der Waals surface area contributed by atoms with E-state index in [1.54, 1.807) is 0 Å². The maximum absolute atomic E-state index is 12.3. The van der Waals surface area contributed by atoms with Crippen LogP contribution >= 0.6 is 0 Å². The fraction of sp³-hybridized carbons (Fsp3) is 0.579. The molecule has 1 aliphatic carbocycles. The molecule has 2 N–H and O–H groups in total. The molecule has 24 heavy (non-hydrogen) atoms. The summed E-state index contributed by atoms with van der Waals surface area (Å²) < 4.78 is 5.63. The quantitative estimate of drug-likeness (QED) is 0.766. The fourth-order valence-corrected chi connectivity index (χ4v) is 3.18. The van der Waals surface area contributed by atoms with Crippen molar-refractivity contribution < 1.29 is 19.4 Å². The summed E-state index contributed by atoms with van der Waals surface area (Å²) in [6.45, 7) is 4.85. The van der Waals surface area contributed by atoms with Crippen LogP contribution < -0.4 is 10.1 Å². The molecule has 0 aliphatic heterocycles. The topological polar surface area (TPSA) is 75.6 Å². The van der Waals surface area contributed by atoms with Crippen molar-refractivity contribution in [2.45, 2.75) is 57.9 Å². The molecule has 5 nitrogen and oxygen atoms in total. The van der Waals surface area contributed by atoms with Crippen molar-refractivity contribution in [1.82, 2.24) is 5.32 Å². The number of aliphatic carboxylic acids is 1. The summed E-state index contributed by atoms with van der Waals surface area (Å²) in [6, 6.07) is 7.50. The first-order chi connectivity index (χ1) is 11.4. The van der Waals surface area contributed by atoms with Crippen molar-refractivity contribution in [2.75, 3.05) is 6.61 Å². The minimum absolute atomic E-state index is 0.000714. The minimum Gasteiger partial charge on any atom is -0.493 e. The second-order valence-electron chi connectivity index (χ2n) is 7.13. The van der Waals surface area contributed by atoms with Crippen molar-refractivity contribution in [1.29, 1.82) is 0 Å². The molecule has 5 heteroatoms. The molecule has 1 saturated carbocycles. The Balaban J connectivity index is 1.90. The zero-order valence-electron chi connectivity index (χ0n) is 14.5. The summed E-state index contributed by atoms with van der Waals surface area (Å²) in [5.41, 5.74) is 0.330. The highest BCUT2D eigenvalue weighted by molar-refractivity contribution is 5.80. The highest BCUT2D eigenvalue weighted by Gasteiger charge is 2.37. The monoisotopic (exact) mass is 333 g/mol. The molecular weight excluding hydrogens is 306 g/mol. The Hall–Kier alpha value is -2.04. The number of hydrogen-bond donors (Lipinski definition) is 2. The summed E-state index contributed by atoms with van der Waals surface area (Å²) >= 11 is 0. The SMILES string of the molecule is CC(C)COc1ccc(CC(=O)NC2(CC(=O)O)CCCC2)cc1. The van der Waals surface area contributed by atoms with Crippen molar-refractivity contribution in [3.05, 3.63) is 29.8 Å². The van der Waals surface area contributed by atoms with Crippen LogP contribution in [0, 0.1) is 5.92 Å². The van der Waals surface area contributed by atoms with E-state index >= 15 is 0 Å². The number of carboxylic acids is 1. The van der Waals surface area contributed by atoms with Crippen LogP contribution in [0.15, 0.2) is 24.3 Å². The number of benzene rings is 1. The Bertz CT molecular complexity index is 559. The van der Waals surface area contributed by atoms with Gasteiger partial charge in [0.2, 0.25) is 5.91 Å². The first-order valence-corrected chi connectivity index (χ1v) is 8.63. The lowest BCUT2D eigenvalue weighted by atomic mass is 9.92. The number of amides is 1. The van der Waals surface area contributed by atoms with Gasteiger partial charge in [0.05, 0.1) is 25.0 Å². The van der Waals surface area contributed by atoms with Crippen LogP contribution in [-0.2, 0) is 16.0 Å². The largest absolute Gasteiger partial charge is 0.493 e. The lowest BCUT2D eigenvalue weighted by Gasteiger charge is -2.28. The van der Waals surface area contributed by atoms with Crippen LogP contribution in [0.25, 0.3) is 0 Å². The average molecular weight is 333 g/mol. The molecule has 1 aromatic carbocycles. The molecule has 132 valence electrons. The first kappa shape index (κ1) is 18.3. The van der Waals surface area contributed by atoms with Gasteiger partial charge in [-0.1, -0.05) is 38.8 Å². The van der Waals surface area contributed by atoms with Gasteiger partial charge >= 0.3 is 5.97 Å². The molecule has 0 aromatic heterocycles. The van der Waals surface area contributed by atoms with Gasteiger partial charge in [0, 0.05) is 0 Å². The Kier molecular flexibility index (Phi) is 6.23. The summed E-state index contributed by atoms with van der Waals surface area (Å²) in [6.07, 6.45) is 3.68. The highest BCUT2D eigenvalue weighted by Crippen LogP contribution is 2.32. The fourth-order valence-electron chi connectivity index (χ4n) is 3.18. The van der Waals surface area contributed by atoms with E-state index in [0.29, 0.717) is 12.5 Å². The number of hydrogen-bond acceptors (Lipinski definition) is 3. The van der Waals surface area contributed by atoms with Crippen LogP contribution in [0.5, 0.6) is 5.75 Å². The van der Waals surface area contributed by atoms with Gasteiger partial charge in [-0.3, -0.25) is 9.59 Å². The zero-order chi connectivity index (χ0) is 17.6. The van der Waals surface area contributed by atoms with Gasteiger partial charge in [-0.05, 0) is 36.5 Å². The first-order valence-electron chi connectivity index (χ1n) is 8.63. The molecule has 0 atom stereocenters. The molecular formula is C19H27NO4. The number of rotatable bonds is 8. The van der Waals surface area contributed by atoms with E-state index < -0.39 is 11.5 Å². The molecule has 0 bridgehead atoms. The third-order valence-electron chi connectivity index (χ3n) is 4.33. The van der Waals surface area contributed by atoms with Gasteiger partial charge in [-0.2, -0.15) is 0 Å². The zero-order valence-corrected chi connectivity index (χ0v) is 14.5. The van der Waals surface area contributed by atoms with Crippen LogP contribution in [0.3, 0.4) is 0 Å². The number of carbonyl (C=O) groups excluding carboxylic acids is 1.